The van der Waals surface area contributed by atoms with Gasteiger partial charge in [-0.3, -0.25) is 0 Å². The monoisotopic (exact) mass is 504 g/mol. The molecule has 0 saturated carbocycles. The van der Waals surface area contributed by atoms with Gasteiger partial charge in [0, 0.05) is 12.1 Å². The van der Waals surface area contributed by atoms with Crippen molar-refractivity contribution >= 4 is 7.25 Å². The zero-order chi connectivity index (χ0) is 20.2. The molecule has 144 valence electrons. The van der Waals surface area contributed by atoms with Gasteiger partial charge in [0.05, 0.1) is 11.1 Å². The molecule has 0 saturated heterocycles. The number of hydrogen-bond donors (Lipinski definition) is 0. The fourth-order valence-electron chi connectivity index (χ4n) is 1.57. The van der Waals surface area contributed by atoms with Crippen LogP contribution in [-0.2, 0) is 12.4 Å². The molecule has 0 aromatic heterocycles. The highest BCUT2D eigenvalue weighted by molar-refractivity contribution is 6.50. The molecule has 0 aliphatic heterocycles. The molecule has 12 heteroatoms. The van der Waals surface area contributed by atoms with Crippen molar-refractivity contribution in [3.63, 3.8) is 0 Å². The summed E-state index contributed by atoms with van der Waals surface area (Å²) in [6.07, 6.45) is -8.90. The number of rotatable bonds is 2. The first-order valence-corrected chi connectivity index (χ1v) is 8.68. The molecule has 0 bridgehead atoms. The van der Waals surface area contributed by atoms with E-state index in [0.29, 0.717) is 7.14 Å². The fraction of sp³-hybridized carbons (Fsp3) is 0.143. The Balaban J connectivity index is 0.000000597. The van der Waals surface area contributed by atoms with Gasteiger partial charge in [0.2, 0.25) is 0 Å². The maximum Gasteiger partial charge on any atom is 0.673 e. The Hall–Kier alpha value is -1.47. The Kier molecular flexibility index (Phi) is 7.37. The average Bonchev–Trinajstić information content (AvgIpc) is 2.44. The zero-order valence-electron chi connectivity index (χ0n) is 12.4. The summed E-state index contributed by atoms with van der Waals surface area (Å²) >= 11 is -1.10. The lowest BCUT2D eigenvalue weighted by molar-refractivity contribution is -0.597. The Bertz CT molecular complexity index is 659. The molecule has 0 N–H and O–H groups in total. The van der Waals surface area contributed by atoms with Crippen LogP contribution in [0.1, 0.15) is 11.1 Å². The van der Waals surface area contributed by atoms with Crippen LogP contribution in [0.4, 0.5) is 43.6 Å². The maximum atomic E-state index is 12.6. The van der Waals surface area contributed by atoms with E-state index < -0.39 is 51.9 Å². The number of halogens is 11. The Morgan fingerprint density at radius 3 is 1.19 bits per heavy atom. The molecule has 0 nitrogen and oxygen atoms in total. The summed E-state index contributed by atoms with van der Waals surface area (Å²) in [7, 11) is -6.00. The number of benzene rings is 2. The van der Waals surface area contributed by atoms with Gasteiger partial charge in [0.15, 0.2) is 7.14 Å². The predicted molar refractivity (Wildman–Crippen MR) is 70.5 cm³/mol. The normalized spacial score (nSPS) is 12.4. The van der Waals surface area contributed by atoms with Crippen LogP contribution in [-0.4, -0.2) is 7.25 Å². The second kappa shape index (κ2) is 8.48. The molecule has 2 rings (SSSR count). The van der Waals surface area contributed by atoms with Crippen molar-refractivity contribution in [3.8, 4) is 0 Å². The third-order valence-corrected chi connectivity index (χ3v) is 5.11. The van der Waals surface area contributed by atoms with Gasteiger partial charge in [-0.15, -0.1) is 0 Å². The molecular formula is C14H8BF10I. The van der Waals surface area contributed by atoms with Crippen molar-refractivity contribution < 1.29 is 64.8 Å². The lowest BCUT2D eigenvalue weighted by Gasteiger charge is -2.05. The summed E-state index contributed by atoms with van der Waals surface area (Å²) in [5.74, 6) is 0. The van der Waals surface area contributed by atoms with E-state index in [-0.39, 0.29) is 0 Å². The van der Waals surface area contributed by atoms with Crippen LogP contribution in [0.2, 0.25) is 0 Å². The van der Waals surface area contributed by atoms with Crippen LogP contribution < -0.4 is 21.2 Å². The first-order chi connectivity index (χ1) is 11.7. The maximum absolute atomic E-state index is 12.6. The second-order valence-corrected chi connectivity index (χ2v) is 7.64. The predicted octanol–water partition coefficient (Wildman–Crippen LogP) is 3.15. The molecule has 0 amide bonds. The van der Waals surface area contributed by atoms with Gasteiger partial charge in [-0.05, 0) is 24.3 Å². The van der Waals surface area contributed by atoms with E-state index in [4.69, 9.17) is 0 Å². The molecule has 0 fully saturated rings. The molecule has 0 spiro atoms. The summed E-state index contributed by atoms with van der Waals surface area (Å²) in [6, 6.07) is 9.42. The van der Waals surface area contributed by atoms with E-state index in [1.165, 1.54) is 24.3 Å². The summed E-state index contributed by atoms with van der Waals surface area (Å²) in [6.45, 7) is 0. The SMILES string of the molecule is FC(F)(F)c1cccc([I+]c2cccc(C(F)(F)F)c2)c1.F[B-](F)(F)F. The third-order valence-electron chi connectivity index (χ3n) is 2.52. The van der Waals surface area contributed by atoms with Crippen LogP contribution in [0, 0.1) is 7.14 Å². The van der Waals surface area contributed by atoms with Crippen LogP contribution in [0.25, 0.3) is 0 Å². The Morgan fingerprint density at radius 2 is 0.923 bits per heavy atom. The largest absolute Gasteiger partial charge is 0.673 e. The number of hydrogen-bond acceptors (Lipinski definition) is 0. The van der Waals surface area contributed by atoms with Gasteiger partial charge in [-0.2, -0.15) is 26.3 Å². The Labute approximate surface area is 151 Å². The highest BCUT2D eigenvalue weighted by atomic mass is 127. The third kappa shape index (κ3) is 8.76. The van der Waals surface area contributed by atoms with Gasteiger partial charge >= 0.3 is 40.8 Å². The summed E-state index contributed by atoms with van der Waals surface area (Å²) < 4.78 is 115. The minimum Gasteiger partial charge on any atom is -0.418 e. The molecule has 26 heavy (non-hydrogen) atoms. The first-order valence-electron chi connectivity index (χ1n) is 6.53. The van der Waals surface area contributed by atoms with E-state index in [2.05, 4.69) is 0 Å². The standard InChI is InChI=1S/C14H8F6I.BF4/c15-13(16,17)9-3-1-5-11(7-9)21-12-6-2-4-10(8-12)14(18,19)20;2-1(3,4)5/h1-8H;/q+1;-1. The van der Waals surface area contributed by atoms with Crippen molar-refractivity contribution in [2.24, 2.45) is 0 Å². The van der Waals surface area contributed by atoms with Crippen molar-refractivity contribution in [2.75, 3.05) is 0 Å². The lowest BCUT2D eigenvalue weighted by Crippen LogP contribution is -3.61. The first kappa shape index (κ1) is 22.6. The topological polar surface area (TPSA) is 0 Å². The van der Waals surface area contributed by atoms with Gasteiger partial charge in [-0.25, -0.2) is 0 Å². The van der Waals surface area contributed by atoms with Gasteiger partial charge in [0.1, 0.15) is 0 Å². The van der Waals surface area contributed by atoms with Crippen LogP contribution >= 0.6 is 0 Å². The Morgan fingerprint density at radius 1 is 0.615 bits per heavy atom. The minimum absolute atomic E-state index is 0.419. The molecule has 2 aromatic rings. The van der Waals surface area contributed by atoms with Crippen molar-refractivity contribution in [3.05, 3.63) is 66.8 Å². The van der Waals surface area contributed by atoms with Crippen molar-refractivity contribution in [2.45, 2.75) is 12.4 Å². The van der Waals surface area contributed by atoms with E-state index in [0.717, 1.165) is 24.3 Å². The summed E-state index contributed by atoms with van der Waals surface area (Å²) in [4.78, 5) is 0. The minimum atomic E-state index is -6.00. The molecule has 2 aromatic carbocycles. The van der Waals surface area contributed by atoms with Crippen LogP contribution in [0.3, 0.4) is 0 Å². The average molecular weight is 504 g/mol. The lowest BCUT2D eigenvalue weighted by atomic mass is 10.2. The highest BCUT2D eigenvalue weighted by Gasteiger charge is 2.34. The fourth-order valence-corrected chi connectivity index (χ4v) is 4.05. The summed E-state index contributed by atoms with van der Waals surface area (Å²) in [5, 5.41) is 0. The van der Waals surface area contributed by atoms with E-state index in [1.807, 2.05) is 0 Å². The van der Waals surface area contributed by atoms with Gasteiger partial charge in [-0.1, -0.05) is 12.1 Å². The molecular weight excluding hydrogens is 496 g/mol. The number of alkyl halides is 6. The van der Waals surface area contributed by atoms with E-state index in [9.17, 15) is 43.6 Å². The molecule has 0 atom stereocenters. The molecule has 0 heterocycles. The molecule has 0 radical (unpaired) electrons. The highest BCUT2D eigenvalue weighted by Crippen LogP contribution is 2.29. The van der Waals surface area contributed by atoms with E-state index in [1.54, 1.807) is 0 Å². The summed E-state index contributed by atoms with van der Waals surface area (Å²) in [5.41, 5.74) is -1.57. The van der Waals surface area contributed by atoms with Crippen molar-refractivity contribution in [1.29, 1.82) is 0 Å². The molecule has 0 unspecified atom stereocenters. The van der Waals surface area contributed by atoms with Gasteiger partial charge in [0.25, 0.3) is 0 Å². The quantitative estimate of drug-likeness (QED) is 0.336. The van der Waals surface area contributed by atoms with E-state index >= 15 is 0 Å². The van der Waals surface area contributed by atoms with Crippen LogP contribution in [0.15, 0.2) is 48.5 Å². The van der Waals surface area contributed by atoms with Crippen LogP contribution in [0.5, 0.6) is 0 Å². The van der Waals surface area contributed by atoms with Crippen molar-refractivity contribution in [1.82, 2.24) is 0 Å². The van der Waals surface area contributed by atoms with Gasteiger partial charge < -0.3 is 17.3 Å². The zero-order valence-corrected chi connectivity index (χ0v) is 14.5. The second-order valence-electron chi connectivity index (χ2n) is 4.61. The smallest absolute Gasteiger partial charge is 0.418 e. The molecule has 0 aliphatic carbocycles. The molecule has 0 aliphatic rings.